The number of rotatable bonds is 8. The smallest absolute Gasteiger partial charge is 0.335 e. The van der Waals surface area contributed by atoms with Crippen LogP contribution in [0.1, 0.15) is 68.0 Å². The standard InChI is InChI=1S/C34H48N6O5Si2/c1-20(2)46(21(3)4)42-19-28-27(44-47(45-46,22(5)6)23(7)8)18-29(43-28)40-31-30(32(41)39-33(35)38-31)37-34(40)36-26-16-14-25(15-17-26)24-12-10-9-11-13-24/h9-17,20-23,27-29H,18-19H2,1-8H3,(H,36,37)(H3,35,38,39,41)/t27-,28+,29+/m0/s1. The third kappa shape index (κ3) is 6.09. The molecule has 2 aliphatic heterocycles. The lowest BCUT2D eigenvalue weighted by atomic mass is 10.1. The lowest BCUT2D eigenvalue weighted by molar-refractivity contribution is -0.0539. The molecule has 47 heavy (non-hydrogen) atoms. The Bertz CT molecular complexity index is 1740. The van der Waals surface area contributed by atoms with E-state index in [1.165, 1.54) is 0 Å². The van der Waals surface area contributed by atoms with E-state index in [2.05, 4.69) is 82.8 Å². The molecule has 13 heteroatoms. The van der Waals surface area contributed by atoms with Crippen molar-refractivity contribution in [2.24, 2.45) is 0 Å². The molecule has 0 saturated carbocycles. The first kappa shape index (κ1) is 33.6. The maximum atomic E-state index is 13.0. The number of imidazole rings is 1. The van der Waals surface area contributed by atoms with Crippen molar-refractivity contribution in [2.45, 2.75) is 102 Å². The molecule has 0 radical (unpaired) electrons. The topological polar surface area (TPSA) is 139 Å². The second-order valence-electron chi connectivity index (χ2n) is 14.0. The summed E-state index contributed by atoms with van der Waals surface area (Å²) in [6.07, 6.45) is -0.660. The minimum absolute atomic E-state index is 0.00935. The number of nitrogen functional groups attached to an aromatic ring is 1. The number of nitrogens with zero attached hydrogens (tertiary/aromatic N) is 3. The minimum atomic E-state index is -2.84. The number of hydrogen-bond donors (Lipinski definition) is 3. The number of H-pyrrole nitrogens is 1. The van der Waals surface area contributed by atoms with Gasteiger partial charge in [-0.2, -0.15) is 4.98 Å². The molecule has 0 aliphatic carbocycles. The molecule has 6 rings (SSSR count). The molecule has 4 heterocycles. The summed E-state index contributed by atoms with van der Waals surface area (Å²) in [6.45, 7) is 18.0. The van der Waals surface area contributed by atoms with E-state index in [-0.39, 0.29) is 45.8 Å². The summed E-state index contributed by atoms with van der Waals surface area (Å²) in [4.78, 5) is 24.9. The van der Waals surface area contributed by atoms with Gasteiger partial charge >= 0.3 is 17.1 Å². The number of nitrogens with two attached hydrogens (primary N) is 1. The van der Waals surface area contributed by atoms with Crippen LogP contribution in [0.3, 0.4) is 0 Å². The zero-order valence-corrected chi connectivity index (χ0v) is 30.6. The van der Waals surface area contributed by atoms with Gasteiger partial charge in [-0.15, -0.1) is 0 Å². The number of hydrogen-bond acceptors (Lipinski definition) is 9. The van der Waals surface area contributed by atoms with Crippen LogP contribution in [0.25, 0.3) is 22.3 Å². The number of nitrogens with one attached hydrogen (secondary N) is 2. The van der Waals surface area contributed by atoms with Crippen LogP contribution in [0.2, 0.25) is 22.2 Å². The van der Waals surface area contributed by atoms with Gasteiger partial charge in [0.25, 0.3) is 5.56 Å². The van der Waals surface area contributed by atoms with Crippen LogP contribution in [0.5, 0.6) is 0 Å². The second kappa shape index (κ2) is 12.9. The Morgan fingerprint density at radius 1 is 0.851 bits per heavy atom. The average Bonchev–Trinajstić information content (AvgIpc) is 3.57. The van der Waals surface area contributed by atoms with Gasteiger partial charge in [0.15, 0.2) is 11.2 Å². The van der Waals surface area contributed by atoms with E-state index in [1.54, 1.807) is 0 Å². The summed E-state index contributed by atoms with van der Waals surface area (Å²) in [7, 11) is -5.56. The Hall–Kier alpha value is -3.34. The largest absolute Gasteiger partial charge is 0.414 e. The Kier molecular flexibility index (Phi) is 9.24. The van der Waals surface area contributed by atoms with Gasteiger partial charge in [0.05, 0.1) is 12.7 Å². The van der Waals surface area contributed by atoms with Gasteiger partial charge in [0.2, 0.25) is 11.9 Å². The molecule has 11 nitrogen and oxygen atoms in total. The summed E-state index contributed by atoms with van der Waals surface area (Å²) < 4.78 is 30.2. The van der Waals surface area contributed by atoms with Gasteiger partial charge in [0, 0.05) is 12.1 Å². The van der Waals surface area contributed by atoms with Crippen molar-refractivity contribution < 1.29 is 17.7 Å². The second-order valence-corrected chi connectivity index (χ2v) is 22.8. The van der Waals surface area contributed by atoms with Crippen LogP contribution in [-0.4, -0.2) is 55.5 Å². The summed E-state index contributed by atoms with van der Waals surface area (Å²) in [5.41, 5.74) is 10.0. The van der Waals surface area contributed by atoms with Crippen LogP contribution in [0.15, 0.2) is 59.4 Å². The molecule has 3 atom stereocenters. The maximum absolute atomic E-state index is 13.0. The molecule has 2 saturated heterocycles. The van der Waals surface area contributed by atoms with Crippen LogP contribution in [0.4, 0.5) is 17.6 Å². The number of aromatic nitrogens is 4. The van der Waals surface area contributed by atoms with E-state index < -0.39 is 28.9 Å². The van der Waals surface area contributed by atoms with E-state index in [4.69, 9.17) is 28.4 Å². The summed E-state index contributed by atoms with van der Waals surface area (Å²) in [6, 6.07) is 18.3. The van der Waals surface area contributed by atoms with E-state index in [0.717, 1.165) is 16.8 Å². The summed E-state index contributed by atoms with van der Waals surface area (Å²) in [5.74, 6) is 0.437. The molecule has 4 N–H and O–H groups in total. The number of fused-ring (bicyclic) bond motifs is 2. The van der Waals surface area contributed by atoms with Crippen LogP contribution in [0, 0.1) is 0 Å². The quantitative estimate of drug-likeness (QED) is 0.163. The summed E-state index contributed by atoms with van der Waals surface area (Å²) in [5, 5.41) is 3.42. The maximum Gasteiger partial charge on any atom is 0.335 e. The fraction of sp³-hybridized carbons (Fsp3) is 0.500. The molecule has 2 aliphatic rings. The number of ether oxygens (including phenoxy) is 1. The zero-order valence-electron chi connectivity index (χ0n) is 28.6. The number of aromatic amines is 1. The highest BCUT2D eigenvalue weighted by Crippen LogP contribution is 2.48. The fourth-order valence-electron chi connectivity index (χ4n) is 7.16. The average molecular weight is 677 g/mol. The van der Waals surface area contributed by atoms with Gasteiger partial charge in [-0.05, 0) is 45.4 Å². The van der Waals surface area contributed by atoms with Gasteiger partial charge in [-0.25, -0.2) is 4.98 Å². The minimum Gasteiger partial charge on any atom is -0.414 e. The van der Waals surface area contributed by atoms with E-state index in [1.807, 2.05) is 47.0 Å². The van der Waals surface area contributed by atoms with Crippen molar-refractivity contribution in [3.63, 3.8) is 0 Å². The molecular weight excluding hydrogens is 629 g/mol. The lowest BCUT2D eigenvalue weighted by Crippen LogP contribution is -2.65. The lowest BCUT2D eigenvalue weighted by Gasteiger charge is -2.51. The molecule has 0 bridgehead atoms. The van der Waals surface area contributed by atoms with Crippen molar-refractivity contribution in [3.8, 4) is 11.1 Å². The van der Waals surface area contributed by atoms with Crippen molar-refractivity contribution in [1.82, 2.24) is 19.5 Å². The molecule has 0 spiro atoms. The molecule has 0 unspecified atom stereocenters. The Balaban J connectivity index is 1.39. The molecular formula is C34H48N6O5Si2. The highest BCUT2D eigenvalue weighted by molar-refractivity contribution is 6.84. The van der Waals surface area contributed by atoms with Crippen LogP contribution in [-0.2, 0) is 17.7 Å². The third-order valence-electron chi connectivity index (χ3n) is 9.63. The third-order valence-corrected chi connectivity index (χ3v) is 19.9. The molecule has 2 aromatic carbocycles. The van der Waals surface area contributed by atoms with Crippen molar-refractivity contribution in [3.05, 3.63) is 65.0 Å². The molecule has 2 aromatic heterocycles. The summed E-state index contributed by atoms with van der Waals surface area (Å²) >= 11 is 0. The Labute approximate surface area is 278 Å². The predicted molar refractivity (Wildman–Crippen MR) is 190 cm³/mol. The number of benzene rings is 2. The molecule has 2 fully saturated rings. The van der Waals surface area contributed by atoms with Crippen molar-refractivity contribution >= 4 is 45.9 Å². The highest BCUT2D eigenvalue weighted by atomic mass is 28.5. The van der Waals surface area contributed by atoms with E-state index in [0.29, 0.717) is 24.6 Å². The van der Waals surface area contributed by atoms with E-state index in [9.17, 15) is 4.79 Å². The molecule has 252 valence electrons. The van der Waals surface area contributed by atoms with Gasteiger partial charge in [0.1, 0.15) is 12.3 Å². The van der Waals surface area contributed by atoms with Gasteiger partial charge < -0.3 is 28.8 Å². The van der Waals surface area contributed by atoms with E-state index >= 15 is 0 Å². The predicted octanol–water partition coefficient (Wildman–Crippen LogP) is 7.36. The number of anilines is 3. The van der Waals surface area contributed by atoms with Crippen molar-refractivity contribution in [2.75, 3.05) is 17.7 Å². The van der Waals surface area contributed by atoms with Gasteiger partial charge in [-0.3, -0.25) is 14.3 Å². The SMILES string of the molecule is CC(C)[Si]1(C(C)C)OC[C@H]2O[C@@H](n3c(Nc4ccc(-c5ccccc5)cc4)nc4c(=O)[nH]c(N)nc43)C[C@@H]2O[Si](C(C)C)(C(C)C)O1. The Morgan fingerprint density at radius 2 is 1.47 bits per heavy atom. The molecule has 4 aromatic rings. The highest BCUT2D eigenvalue weighted by Gasteiger charge is 2.60. The van der Waals surface area contributed by atoms with Crippen LogP contribution >= 0.6 is 0 Å². The zero-order chi connectivity index (χ0) is 33.7. The fourth-order valence-corrected chi connectivity index (χ4v) is 18.4. The first-order valence-corrected chi connectivity index (χ1v) is 20.7. The monoisotopic (exact) mass is 676 g/mol. The van der Waals surface area contributed by atoms with Crippen molar-refractivity contribution in [1.29, 1.82) is 0 Å². The first-order valence-electron chi connectivity index (χ1n) is 16.7. The normalized spacial score (nSPS) is 22.6. The van der Waals surface area contributed by atoms with Crippen LogP contribution < -0.4 is 16.6 Å². The van der Waals surface area contributed by atoms with Gasteiger partial charge in [-0.1, -0.05) is 97.9 Å². The Morgan fingerprint density at radius 3 is 2.09 bits per heavy atom. The molecule has 0 amide bonds. The first-order chi connectivity index (χ1) is 22.3.